The summed E-state index contributed by atoms with van der Waals surface area (Å²) in [5.74, 6) is 0.0829. The molecule has 0 saturated carbocycles. The number of nitrogens with zero attached hydrogens (tertiary/aromatic N) is 1. The average Bonchev–Trinajstić information content (AvgIpc) is 2.51. The minimum Gasteiger partial charge on any atom is -0.494 e. The van der Waals surface area contributed by atoms with Crippen LogP contribution >= 0.6 is 0 Å². The molecule has 3 nitrogen and oxygen atoms in total. The van der Waals surface area contributed by atoms with Gasteiger partial charge < -0.3 is 10.1 Å². The summed E-state index contributed by atoms with van der Waals surface area (Å²) in [7, 11) is 1.50. The number of methoxy groups -OCH3 is 1. The lowest BCUT2D eigenvalue weighted by molar-refractivity contribution is 0.170. The van der Waals surface area contributed by atoms with Crippen LogP contribution in [0.3, 0.4) is 0 Å². The van der Waals surface area contributed by atoms with Gasteiger partial charge in [0, 0.05) is 30.2 Å². The Hall–Kier alpha value is -1.13. The molecule has 20 heavy (non-hydrogen) atoms. The average molecular weight is 280 g/mol. The molecule has 0 radical (unpaired) electrons. The van der Waals surface area contributed by atoms with E-state index in [1.54, 1.807) is 6.07 Å². The molecule has 0 spiro atoms. The lowest BCUT2D eigenvalue weighted by atomic mass is 10.0. The molecular weight excluding hydrogens is 255 g/mol. The van der Waals surface area contributed by atoms with Gasteiger partial charge in [0.05, 0.1) is 7.11 Å². The first-order valence-corrected chi connectivity index (χ1v) is 7.23. The zero-order valence-electron chi connectivity index (χ0n) is 12.9. The highest BCUT2D eigenvalue weighted by molar-refractivity contribution is 5.31. The Morgan fingerprint density at radius 2 is 2.20 bits per heavy atom. The van der Waals surface area contributed by atoms with Crippen molar-refractivity contribution in [2.75, 3.05) is 20.2 Å². The van der Waals surface area contributed by atoms with E-state index < -0.39 is 0 Å². The van der Waals surface area contributed by atoms with Gasteiger partial charge in [0.15, 0.2) is 11.6 Å². The largest absolute Gasteiger partial charge is 0.494 e. The molecule has 0 bridgehead atoms. The van der Waals surface area contributed by atoms with Gasteiger partial charge in [-0.1, -0.05) is 12.1 Å². The van der Waals surface area contributed by atoms with Gasteiger partial charge in [-0.2, -0.15) is 0 Å². The molecule has 1 heterocycles. The van der Waals surface area contributed by atoms with E-state index in [1.165, 1.54) is 7.11 Å². The number of rotatable bonds is 3. The maximum atomic E-state index is 14.3. The predicted octanol–water partition coefficient (Wildman–Crippen LogP) is 2.80. The summed E-state index contributed by atoms with van der Waals surface area (Å²) in [6.45, 7) is 9.13. The summed E-state index contributed by atoms with van der Waals surface area (Å²) in [6.07, 6.45) is 1.08. The van der Waals surface area contributed by atoms with E-state index in [2.05, 4.69) is 31.0 Å². The first-order chi connectivity index (χ1) is 9.43. The SMILES string of the molecule is COc1cccc(CN2CC(C)(C)NCCC2C)c1F. The van der Waals surface area contributed by atoms with Gasteiger partial charge in [-0.25, -0.2) is 4.39 Å². The summed E-state index contributed by atoms with van der Waals surface area (Å²) in [5.41, 5.74) is 0.758. The predicted molar refractivity (Wildman–Crippen MR) is 79.5 cm³/mol. The van der Waals surface area contributed by atoms with Crippen molar-refractivity contribution in [2.24, 2.45) is 0 Å². The standard InChI is InChI=1S/C16H25FN2O/c1-12-8-9-18-16(2,3)11-19(12)10-13-6-5-7-14(20-4)15(13)17/h5-7,12,18H,8-11H2,1-4H3. The summed E-state index contributed by atoms with van der Waals surface area (Å²) >= 11 is 0. The third kappa shape index (κ3) is 3.49. The van der Waals surface area contributed by atoms with Crippen LogP contribution in [0, 0.1) is 5.82 Å². The Balaban J connectivity index is 2.19. The fourth-order valence-electron chi connectivity index (χ4n) is 2.79. The third-order valence-electron chi connectivity index (χ3n) is 4.02. The summed E-state index contributed by atoms with van der Waals surface area (Å²) in [4.78, 5) is 2.35. The van der Waals surface area contributed by atoms with Crippen LogP contribution in [0.1, 0.15) is 32.8 Å². The van der Waals surface area contributed by atoms with Crippen molar-refractivity contribution in [1.29, 1.82) is 0 Å². The number of halogens is 1. The number of benzene rings is 1. The van der Waals surface area contributed by atoms with Gasteiger partial charge >= 0.3 is 0 Å². The molecule has 0 aromatic heterocycles. The van der Waals surface area contributed by atoms with Crippen LogP contribution in [0.2, 0.25) is 0 Å². The third-order valence-corrected chi connectivity index (χ3v) is 4.02. The zero-order chi connectivity index (χ0) is 14.8. The van der Waals surface area contributed by atoms with E-state index in [-0.39, 0.29) is 11.4 Å². The monoisotopic (exact) mass is 280 g/mol. The highest BCUT2D eigenvalue weighted by atomic mass is 19.1. The first-order valence-electron chi connectivity index (χ1n) is 7.23. The van der Waals surface area contributed by atoms with Gasteiger partial charge in [0.25, 0.3) is 0 Å². The molecule has 4 heteroatoms. The second-order valence-electron chi connectivity index (χ2n) is 6.29. The van der Waals surface area contributed by atoms with Gasteiger partial charge in [-0.3, -0.25) is 4.90 Å². The van der Waals surface area contributed by atoms with E-state index in [4.69, 9.17) is 4.74 Å². The molecule has 1 fully saturated rings. The molecule has 0 aliphatic carbocycles. The summed E-state index contributed by atoms with van der Waals surface area (Å²) in [6, 6.07) is 5.80. The molecule has 1 aliphatic heterocycles. The summed E-state index contributed by atoms with van der Waals surface area (Å²) < 4.78 is 19.3. The van der Waals surface area contributed by atoms with E-state index in [0.29, 0.717) is 23.9 Å². The number of hydrogen-bond donors (Lipinski definition) is 1. The van der Waals surface area contributed by atoms with E-state index in [0.717, 1.165) is 19.5 Å². The molecule has 1 aromatic carbocycles. The second-order valence-corrected chi connectivity index (χ2v) is 6.29. The Kier molecular flexibility index (Phi) is 4.66. The highest BCUT2D eigenvalue weighted by Crippen LogP contribution is 2.24. The van der Waals surface area contributed by atoms with E-state index >= 15 is 0 Å². The van der Waals surface area contributed by atoms with Crippen LogP contribution in [-0.2, 0) is 6.54 Å². The van der Waals surface area contributed by atoms with E-state index in [1.807, 2.05) is 12.1 Å². The van der Waals surface area contributed by atoms with Gasteiger partial charge in [0.2, 0.25) is 0 Å². The Morgan fingerprint density at radius 3 is 2.90 bits per heavy atom. The van der Waals surface area contributed by atoms with Crippen LogP contribution in [0.5, 0.6) is 5.75 Å². The minimum absolute atomic E-state index is 0.0557. The molecule has 1 aromatic rings. The number of nitrogens with one attached hydrogen (secondary N) is 1. The fraction of sp³-hybridized carbons (Fsp3) is 0.625. The molecule has 1 aliphatic rings. The van der Waals surface area contributed by atoms with Crippen LogP contribution in [-0.4, -0.2) is 36.7 Å². The highest BCUT2D eigenvalue weighted by Gasteiger charge is 2.28. The minimum atomic E-state index is -0.239. The van der Waals surface area contributed by atoms with E-state index in [9.17, 15) is 4.39 Å². The van der Waals surface area contributed by atoms with Crippen molar-refractivity contribution in [1.82, 2.24) is 10.2 Å². The maximum Gasteiger partial charge on any atom is 0.169 e. The lowest BCUT2D eigenvalue weighted by Gasteiger charge is -2.33. The molecule has 1 saturated heterocycles. The number of hydrogen-bond acceptors (Lipinski definition) is 3. The molecular formula is C16H25FN2O. The number of ether oxygens (including phenoxy) is 1. The Labute approximate surface area is 121 Å². The first kappa shape index (κ1) is 15.3. The van der Waals surface area contributed by atoms with Gasteiger partial charge in [-0.05, 0) is 39.8 Å². The maximum absolute atomic E-state index is 14.3. The van der Waals surface area contributed by atoms with Crippen LogP contribution in [0.4, 0.5) is 4.39 Å². The Bertz CT molecular complexity index is 462. The van der Waals surface area contributed by atoms with Crippen molar-refractivity contribution in [3.63, 3.8) is 0 Å². The van der Waals surface area contributed by atoms with Crippen LogP contribution in [0.25, 0.3) is 0 Å². The quantitative estimate of drug-likeness (QED) is 0.921. The smallest absolute Gasteiger partial charge is 0.169 e. The molecule has 2 rings (SSSR count). The second kappa shape index (κ2) is 6.10. The Morgan fingerprint density at radius 1 is 1.45 bits per heavy atom. The van der Waals surface area contributed by atoms with Crippen molar-refractivity contribution in [3.05, 3.63) is 29.6 Å². The molecule has 112 valence electrons. The molecule has 0 amide bonds. The molecule has 1 atom stereocenters. The van der Waals surface area contributed by atoms with Gasteiger partial charge in [-0.15, -0.1) is 0 Å². The van der Waals surface area contributed by atoms with Crippen molar-refractivity contribution >= 4 is 0 Å². The normalized spacial score (nSPS) is 23.4. The fourth-order valence-corrected chi connectivity index (χ4v) is 2.79. The lowest BCUT2D eigenvalue weighted by Crippen LogP contribution is -2.47. The van der Waals surface area contributed by atoms with Crippen molar-refractivity contribution < 1.29 is 9.13 Å². The van der Waals surface area contributed by atoms with Crippen LogP contribution in [0.15, 0.2) is 18.2 Å². The zero-order valence-corrected chi connectivity index (χ0v) is 12.9. The van der Waals surface area contributed by atoms with Crippen molar-refractivity contribution in [2.45, 2.75) is 45.3 Å². The van der Waals surface area contributed by atoms with Crippen LogP contribution < -0.4 is 10.1 Å². The summed E-state index contributed by atoms with van der Waals surface area (Å²) in [5, 5.41) is 3.54. The molecule has 1 N–H and O–H groups in total. The topological polar surface area (TPSA) is 24.5 Å². The van der Waals surface area contributed by atoms with Crippen molar-refractivity contribution in [3.8, 4) is 5.75 Å². The van der Waals surface area contributed by atoms with Gasteiger partial charge in [0.1, 0.15) is 0 Å². The molecule has 1 unspecified atom stereocenters.